The number of nitrogens with two attached hydrogens (primary N) is 1. The Morgan fingerprint density at radius 2 is 1.07 bits per heavy atom. The number of rotatable bonds is 0. The van der Waals surface area contributed by atoms with Gasteiger partial charge in [-0.25, -0.2) is 0 Å². The summed E-state index contributed by atoms with van der Waals surface area (Å²) in [5, 5.41) is 14.8. The quantitative estimate of drug-likeness (QED) is 0.350. The second kappa shape index (κ2) is 18.2. The summed E-state index contributed by atoms with van der Waals surface area (Å²) < 4.78 is 0. The van der Waals surface area contributed by atoms with E-state index in [0.717, 1.165) is 13.8 Å². The Kier molecular flexibility index (Phi) is 30.3. The molecule has 0 fully saturated rings. The summed E-state index contributed by atoms with van der Waals surface area (Å²) in [6, 6.07) is 0. The van der Waals surface area contributed by atoms with E-state index in [1.54, 1.807) is 0 Å². The van der Waals surface area contributed by atoms with Crippen molar-refractivity contribution in [2.45, 2.75) is 20.8 Å². The van der Waals surface area contributed by atoms with Crippen LogP contribution < -0.4 is 5.90 Å². The van der Waals surface area contributed by atoms with Crippen LogP contribution in [0.3, 0.4) is 0 Å². The van der Waals surface area contributed by atoms with Crippen LogP contribution in [0, 0.1) is 0 Å². The normalized spacial score (nSPS) is 6.00. The van der Waals surface area contributed by atoms with Gasteiger partial charge in [-0.2, -0.15) is 5.90 Å². The Morgan fingerprint density at radius 1 is 1.00 bits per heavy atom. The van der Waals surface area contributed by atoms with Crippen molar-refractivity contribution in [1.82, 2.24) is 0 Å². The molecule has 14 heavy (non-hydrogen) atoms. The van der Waals surface area contributed by atoms with Gasteiger partial charge in [-0.3, -0.25) is 14.4 Å². The van der Waals surface area contributed by atoms with E-state index < -0.39 is 17.9 Å². The van der Waals surface area contributed by atoms with Crippen molar-refractivity contribution >= 4 is 47.5 Å². The van der Waals surface area contributed by atoms with E-state index >= 15 is 0 Å². The van der Waals surface area contributed by atoms with Gasteiger partial charge >= 0.3 is 35.5 Å². The summed E-state index contributed by atoms with van der Waals surface area (Å²) in [6.45, 7) is 3.40. The molecule has 0 rings (SSSR count). The van der Waals surface area contributed by atoms with Crippen LogP contribution in [-0.2, 0) is 19.2 Å². The number of hydrogen-bond donors (Lipinski definition) is 3. The standard InChI is InChI=1S/C2H5NO2.2C2H4O2.Na.H/c1-2(4)5-3;2*1-2(3)4;;/h3H2,1H3;2*1H3,(H,3,4);;. The molecule has 0 aliphatic carbocycles. The van der Waals surface area contributed by atoms with Crippen LogP contribution in [0.2, 0.25) is 0 Å². The predicted octanol–water partition coefficient (Wildman–Crippen LogP) is -1.04. The van der Waals surface area contributed by atoms with Crippen molar-refractivity contribution in [3.8, 4) is 0 Å². The van der Waals surface area contributed by atoms with Gasteiger partial charge in [-0.1, -0.05) is 0 Å². The molecular formula is C6H14NNaO6. The zero-order valence-electron chi connectivity index (χ0n) is 7.60. The van der Waals surface area contributed by atoms with Crippen LogP contribution in [0.1, 0.15) is 20.8 Å². The molecule has 0 heterocycles. The minimum atomic E-state index is -0.833. The van der Waals surface area contributed by atoms with Gasteiger partial charge in [0.1, 0.15) is 0 Å². The molecule has 0 aromatic rings. The first kappa shape index (κ1) is 23.3. The Labute approximate surface area is 103 Å². The fourth-order valence-corrected chi connectivity index (χ4v) is 0. The van der Waals surface area contributed by atoms with Gasteiger partial charge in [0.25, 0.3) is 11.9 Å². The molecule has 0 aromatic heterocycles. The summed E-state index contributed by atoms with van der Waals surface area (Å²) in [5.74, 6) is 2.19. The predicted molar refractivity (Wildman–Crippen MR) is 49.7 cm³/mol. The molecule has 0 unspecified atom stereocenters. The molecule has 0 bridgehead atoms. The van der Waals surface area contributed by atoms with Crippen LogP contribution in [0.25, 0.3) is 0 Å². The molecule has 8 heteroatoms. The molecule has 0 atom stereocenters. The first-order chi connectivity index (χ1) is 5.73. The van der Waals surface area contributed by atoms with Gasteiger partial charge in [0.05, 0.1) is 0 Å². The van der Waals surface area contributed by atoms with Crippen LogP contribution in [0.4, 0.5) is 0 Å². The summed E-state index contributed by atoms with van der Waals surface area (Å²) in [5.41, 5.74) is 0. The molecular weight excluding hydrogens is 205 g/mol. The Morgan fingerprint density at radius 3 is 1.07 bits per heavy atom. The maximum absolute atomic E-state index is 9.47. The van der Waals surface area contributed by atoms with E-state index in [9.17, 15) is 4.79 Å². The maximum atomic E-state index is 9.47. The van der Waals surface area contributed by atoms with Gasteiger partial charge in [-0.15, -0.1) is 0 Å². The molecule has 0 radical (unpaired) electrons. The van der Waals surface area contributed by atoms with E-state index in [4.69, 9.17) is 19.8 Å². The Bertz CT molecular complexity index is 152. The fourth-order valence-electron chi connectivity index (χ4n) is 0. The van der Waals surface area contributed by atoms with Crippen molar-refractivity contribution in [1.29, 1.82) is 0 Å². The van der Waals surface area contributed by atoms with Crippen LogP contribution in [-0.4, -0.2) is 57.7 Å². The topological polar surface area (TPSA) is 127 Å². The second-order valence-corrected chi connectivity index (χ2v) is 1.65. The van der Waals surface area contributed by atoms with Gasteiger partial charge in [0.2, 0.25) is 0 Å². The number of carbonyl (C=O) groups is 3. The third-order valence-electron chi connectivity index (χ3n) is 0.166. The third-order valence-corrected chi connectivity index (χ3v) is 0.166. The Balaban J connectivity index is -0.0000000522. The molecule has 0 saturated carbocycles. The molecule has 0 saturated heterocycles. The summed E-state index contributed by atoms with van der Waals surface area (Å²) >= 11 is 0. The molecule has 0 aromatic carbocycles. The van der Waals surface area contributed by atoms with Gasteiger partial charge in [0, 0.05) is 20.8 Å². The molecule has 0 spiro atoms. The third kappa shape index (κ3) is 651. The van der Waals surface area contributed by atoms with Crippen molar-refractivity contribution in [3.63, 3.8) is 0 Å². The zero-order chi connectivity index (χ0) is 11.4. The van der Waals surface area contributed by atoms with E-state index in [1.165, 1.54) is 6.92 Å². The van der Waals surface area contributed by atoms with Crippen molar-refractivity contribution < 1.29 is 29.4 Å². The van der Waals surface area contributed by atoms with E-state index in [-0.39, 0.29) is 29.6 Å². The van der Waals surface area contributed by atoms with Crippen LogP contribution in [0.15, 0.2) is 0 Å². The average molecular weight is 219 g/mol. The number of carboxylic acids is 2. The second-order valence-electron chi connectivity index (χ2n) is 1.65. The molecule has 0 amide bonds. The monoisotopic (exact) mass is 219 g/mol. The molecule has 0 aliphatic rings. The first-order valence-electron chi connectivity index (χ1n) is 3.00. The van der Waals surface area contributed by atoms with Crippen LogP contribution >= 0.6 is 0 Å². The zero-order valence-corrected chi connectivity index (χ0v) is 7.60. The van der Waals surface area contributed by atoms with E-state index in [1.807, 2.05) is 0 Å². The van der Waals surface area contributed by atoms with Crippen LogP contribution in [0.5, 0.6) is 0 Å². The number of aliphatic carboxylic acids is 2. The summed E-state index contributed by atoms with van der Waals surface area (Å²) in [7, 11) is 0. The molecule has 0 aliphatic heterocycles. The fraction of sp³-hybridized carbons (Fsp3) is 0.500. The van der Waals surface area contributed by atoms with E-state index in [2.05, 4.69) is 10.7 Å². The number of carboxylic acid groups (broad SMARTS) is 2. The average Bonchev–Trinajstić information content (AvgIpc) is 1.84. The molecule has 4 N–H and O–H groups in total. The van der Waals surface area contributed by atoms with E-state index in [0.29, 0.717) is 0 Å². The van der Waals surface area contributed by atoms with Crippen molar-refractivity contribution in [3.05, 3.63) is 0 Å². The number of carbonyl (C=O) groups excluding carboxylic acids is 1. The molecule has 80 valence electrons. The van der Waals surface area contributed by atoms with Crippen molar-refractivity contribution in [2.24, 2.45) is 5.90 Å². The van der Waals surface area contributed by atoms with Crippen molar-refractivity contribution in [2.75, 3.05) is 0 Å². The van der Waals surface area contributed by atoms with Gasteiger partial charge in [0.15, 0.2) is 0 Å². The van der Waals surface area contributed by atoms with Gasteiger partial charge < -0.3 is 15.1 Å². The SMILES string of the molecule is CC(=O)O.CC(=O)O.CC(=O)ON.[NaH]. The minimum absolute atomic E-state index is 0. The number of hydrogen-bond acceptors (Lipinski definition) is 5. The first-order valence-corrected chi connectivity index (χ1v) is 3.00. The summed E-state index contributed by atoms with van der Waals surface area (Å²) in [4.78, 5) is 31.1. The Hall–Kier alpha value is -0.630. The van der Waals surface area contributed by atoms with Gasteiger partial charge in [-0.05, 0) is 0 Å². The molecule has 7 nitrogen and oxygen atoms in total. The summed E-state index contributed by atoms with van der Waals surface area (Å²) in [6.07, 6.45) is 0.